The highest BCUT2D eigenvalue weighted by Crippen LogP contribution is 2.28. The molecule has 1 saturated carbocycles. The molecule has 0 bridgehead atoms. The summed E-state index contributed by atoms with van der Waals surface area (Å²) in [6, 6.07) is 7.20. The van der Waals surface area contributed by atoms with Crippen LogP contribution in [0.2, 0.25) is 5.02 Å². The molecule has 3 aromatic rings. The van der Waals surface area contributed by atoms with E-state index in [0.717, 1.165) is 6.07 Å². The van der Waals surface area contributed by atoms with Crippen LogP contribution in [-0.2, 0) is 4.79 Å². The summed E-state index contributed by atoms with van der Waals surface area (Å²) in [6.07, 6.45) is 4.04. The number of nitrogens with zero attached hydrogens (tertiary/aromatic N) is 3. The fourth-order valence-electron chi connectivity index (χ4n) is 3.71. The highest BCUT2D eigenvalue weighted by atomic mass is 35.5. The Balaban J connectivity index is 1.34. The summed E-state index contributed by atoms with van der Waals surface area (Å²) in [5.41, 5.74) is 1.25. The topological polar surface area (TPSA) is 97.6 Å². The van der Waals surface area contributed by atoms with Gasteiger partial charge in [-0.15, -0.1) is 5.10 Å². The number of nitrogens with one attached hydrogen (secondary N) is 2. The van der Waals surface area contributed by atoms with Gasteiger partial charge in [0.05, 0.1) is 24.0 Å². The number of fused-ring (bicyclic) bond motifs is 1. The second-order valence-electron chi connectivity index (χ2n) is 7.42. The number of amides is 2. The van der Waals surface area contributed by atoms with Crippen molar-refractivity contribution in [1.29, 1.82) is 0 Å². The average Bonchev–Trinajstić information content (AvgIpc) is 3.19. The van der Waals surface area contributed by atoms with Gasteiger partial charge in [-0.3, -0.25) is 9.59 Å². The summed E-state index contributed by atoms with van der Waals surface area (Å²) in [5, 5.41) is 10.2. The van der Waals surface area contributed by atoms with Crippen LogP contribution in [0.25, 0.3) is 5.65 Å². The maximum atomic E-state index is 13.2. The Kier molecular flexibility index (Phi) is 6.03. The average molecular weight is 446 g/mol. The number of imidazole rings is 1. The fourth-order valence-corrected chi connectivity index (χ4v) is 3.92. The number of anilines is 1. The molecule has 2 aromatic heterocycles. The predicted octanol–water partition coefficient (Wildman–Crippen LogP) is 3.46. The second-order valence-corrected chi connectivity index (χ2v) is 7.83. The van der Waals surface area contributed by atoms with Crippen LogP contribution in [0, 0.1) is 11.7 Å². The third-order valence-corrected chi connectivity index (χ3v) is 5.71. The molecule has 8 nitrogen and oxygen atoms in total. The van der Waals surface area contributed by atoms with E-state index in [2.05, 4.69) is 20.7 Å². The molecule has 10 heteroatoms. The van der Waals surface area contributed by atoms with Gasteiger partial charge in [0, 0.05) is 18.0 Å². The van der Waals surface area contributed by atoms with E-state index in [4.69, 9.17) is 16.3 Å². The number of halogens is 2. The first-order valence-corrected chi connectivity index (χ1v) is 10.3. The van der Waals surface area contributed by atoms with Crippen LogP contribution < -0.4 is 15.4 Å². The van der Waals surface area contributed by atoms with Crippen molar-refractivity contribution in [3.63, 3.8) is 0 Å². The van der Waals surface area contributed by atoms with Crippen LogP contribution in [-0.4, -0.2) is 39.6 Å². The molecule has 1 aliphatic rings. The molecule has 1 fully saturated rings. The molecule has 0 saturated heterocycles. The Labute approximate surface area is 182 Å². The molecule has 1 aromatic carbocycles. The molecule has 0 unspecified atom stereocenters. The monoisotopic (exact) mass is 445 g/mol. The van der Waals surface area contributed by atoms with Gasteiger partial charge in [0.1, 0.15) is 5.82 Å². The summed E-state index contributed by atoms with van der Waals surface area (Å²) in [7, 11) is 1.50. The smallest absolute Gasteiger partial charge is 0.271 e. The molecule has 4 rings (SSSR count). The van der Waals surface area contributed by atoms with Crippen molar-refractivity contribution in [3.05, 3.63) is 53.1 Å². The van der Waals surface area contributed by atoms with Crippen molar-refractivity contribution in [2.45, 2.75) is 31.7 Å². The van der Waals surface area contributed by atoms with Crippen molar-refractivity contribution in [2.75, 3.05) is 12.4 Å². The first-order chi connectivity index (χ1) is 14.9. The SMILES string of the molecule is COc1ccc2ncc(C(=O)N[C@H]3CC[C@H](C(=O)Nc4ccc(F)cc4Cl)CC3)n2n1. The van der Waals surface area contributed by atoms with Gasteiger partial charge in [-0.2, -0.15) is 0 Å². The first-order valence-electron chi connectivity index (χ1n) is 9.90. The normalized spacial score (nSPS) is 18.5. The third kappa shape index (κ3) is 4.61. The summed E-state index contributed by atoms with van der Waals surface area (Å²) in [5.74, 6) is -0.710. The van der Waals surface area contributed by atoms with Gasteiger partial charge in [0.15, 0.2) is 11.3 Å². The molecule has 0 spiro atoms. The molecule has 162 valence electrons. The number of hydrogen-bond acceptors (Lipinski definition) is 5. The van der Waals surface area contributed by atoms with Crippen LogP contribution in [0.15, 0.2) is 36.5 Å². The lowest BCUT2D eigenvalue weighted by Crippen LogP contribution is -2.40. The summed E-state index contributed by atoms with van der Waals surface area (Å²) >= 11 is 5.98. The van der Waals surface area contributed by atoms with Crippen LogP contribution in [0.4, 0.5) is 10.1 Å². The number of aromatic nitrogens is 3. The van der Waals surface area contributed by atoms with Gasteiger partial charge in [-0.25, -0.2) is 13.9 Å². The van der Waals surface area contributed by atoms with Crippen molar-refractivity contribution in [2.24, 2.45) is 5.92 Å². The Hall–Kier alpha value is -3.20. The second kappa shape index (κ2) is 8.89. The predicted molar refractivity (Wildman–Crippen MR) is 113 cm³/mol. The molecule has 2 heterocycles. The quantitative estimate of drug-likeness (QED) is 0.626. The molecule has 2 N–H and O–H groups in total. The summed E-state index contributed by atoms with van der Waals surface area (Å²) in [6.45, 7) is 0. The zero-order valence-corrected chi connectivity index (χ0v) is 17.5. The van der Waals surface area contributed by atoms with E-state index in [1.54, 1.807) is 12.1 Å². The Morgan fingerprint density at radius 2 is 1.97 bits per heavy atom. The first kappa shape index (κ1) is 21.0. The van der Waals surface area contributed by atoms with E-state index in [9.17, 15) is 14.0 Å². The van der Waals surface area contributed by atoms with E-state index < -0.39 is 5.82 Å². The van der Waals surface area contributed by atoms with E-state index in [1.165, 1.54) is 30.0 Å². The fraction of sp³-hybridized carbons (Fsp3) is 0.333. The van der Waals surface area contributed by atoms with Gasteiger partial charge in [0.2, 0.25) is 11.8 Å². The Morgan fingerprint density at radius 1 is 1.19 bits per heavy atom. The van der Waals surface area contributed by atoms with E-state index in [-0.39, 0.29) is 28.8 Å². The molecule has 0 atom stereocenters. The zero-order chi connectivity index (χ0) is 22.0. The van der Waals surface area contributed by atoms with Crippen molar-refractivity contribution >= 4 is 34.7 Å². The maximum absolute atomic E-state index is 13.2. The van der Waals surface area contributed by atoms with Crippen LogP contribution in [0.3, 0.4) is 0 Å². The Bertz CT molecular complexity index is 1130. The van der Waals surface area contributed by atoms with Gasteiger partial charge >= 0.3 is 0 Å². The molecule has 1 aliphatic carbocycles. The number of rotatable bonds is 5. The highest BCUT2D eigenvalue weighted by molar-refractivity contribution is 6.33. The minimum atomic E-state index is -0.459. The van der Waals surface area contributed by atoms with Crippen molar-refractivity contribution in [1.82, 2.24) is 19.9 Å². The van der Waals surface area contributed by atoms with Crippen LogP contribution in [0.5, 0.6) is 5.88 Å². The Morgan fingerprint density at radius 3 is 2.68 bits per heavy atom. The minimum Gasteiger partial charge on any atom is -0.480 e. The summed E-state index contributed by atoms with van der Waals surface area (Å²) < 4.78 is 19.7. The van der Waals surface area contributed by atoms with Crippen molar-refractivity contribution in [3.8, 4) is 5.88 Å². The van der Waals surface area contributed by atoms with Gasteiger partial charge in [0.25, 0.3) is 5.91 Å². The molecular weight excluding hydrogens is 425 g/mol. The largest absolute Gasteiger partial charge is 0.480 e. The molecular formula is C21H21ClFN5O3. The number of carbonyl (C=O) groups is 2. The lowest BCUT2D eigenvalue weighted by Gasteiger charge is -2.28. The van der Waals surface area contributed by atoms with Crippen molar-refractivity contribution < 1.29 is 18.7 Å². The third-order valence-electron chi connectivity index (χ3n) is 5.40. The standard InChI is InChI=1S/C21H21ClFN5O3/c1-31-19-9-8-18-24-11-17(28(18)27-19)21(30)25-14-5-2-12(3-6-14)20(29)26-16-7-4-13(23)10-15(16)22/h4,7-12,14H,2-3,5-6H2,1H3,(H,25,30)(H,26,29)/t12-,14-. The molecule has 2 amide bonds. The molecule has 0 radical (unpaired) electrons. The minimum absolute atomic E-state index is 0.0536. The van der Waals surface area contributed by atoms with E-state index in [1.807, 2.05) is 0 Å². The van der Waals surface area contributed by atoms with Gasteiger partial charge < -0.3 is 15.4 Å². The lowest BCUT2D eigenvalue weighted by molar-refractivity contribution is -0.120. The summed E-state index contributed by atoms with van der Waals surface area (Å²) in [4.78, 5) is 29.5. The number of hydrogen-bond donors (Lipinski definition) is 2. The number of benzene rings is 1. The number of carbonyl (C=O) groups excluding carboxylic acids is 2. The van der Waals surface area contributed by atoms with Crippen LogP contribution >= 0.6 is 11.6 Å². The number of methoxy groups -OCH3 is 1. The zero-order valence-electron chi connectivity index (χ0n) is 16.8. The van der Waals surface area contributed by atoms with Gasteiger partial charge in [-0.05, 0) is 49.9 Å². The van der Waals surface area contributed by atoms with E-state index >= 15 is 0 Å². The lowest BCUT2D eigenvalue weighted by atomic mass is 9.85. The van der Waals surface area contributed by atoms with Crippen LogP contribution in [0.1, 0.15) is 36.2 Å². The van der Waals surface area contributed by atoms with Gasteiger partial charge in [-0.1, -0.05) is 11.6 Å². The number of ether oxygens (including phenoxy) is 1. The molecule has 0 aliphatic heterocycles. The molecule has 31 heavy (non-hydrogen) atoms. The highest BCUT2D eigenvalue weighted by Gasteiger charge is 2.28. The maximum Gasteiger partial charge on any atom is 0.271 e. The van der Waals surface area contributed by atoms with E-state index in [0.29, 0.717) is 48.6 Å².